The Hall–Kier alpha value is -1.85. The Morgan fingerprint density at radius 1 is 1.44 bits per heavy atom. The fraction of sp³-hybridized carbons (Fsp3) is 0.583. The van der Waals surface area contributed by atoms with Crippen LogP contribution in [0.5, 0.6) is 5.88 Å². The first-order valence-corrected chi connectivity index (χ1v) is 5.82. The Bertz CT molecular complexity index is 409. The SMILES string of the molecule is CC(C)Oc1cncc(N(C)CC(C)C(=O)O)n1. The summed E-state index contributed by atoms with van der Waals surface area (Å²) in [6.07, 6.45) is 3.15. The van der Waals surface area contributed by atoms with Crippen LogP contribution in [-0.4, -0.2) is 40.7 Å². The van der Waals surface area contributed by atoms with Gasteiger partial charge in [-0.3, -0.25) is 9.78 Å². The van der Waals surface area contributed by atoms with Gasteiger partial charge < -0.3 is 14.7 Å². The standard InChI is InChI=1S/C12H19N3O3/c1-8(2)18-11-6-13-5-10(14-11)15(4)7-9(3)12(16)17/h5-6,8-9H,7H2,1-4H3,(H,16,17). The average Bonchev–Trinajstić information content (AvgIpc) is 2.28. The molecule has 1 aromatic heterocycles. The first kappa shape index (κ1) is 14.2. The van der Waals surface area contributed by atoms with Crippen LogP contribution in [-0.2, 0) is 4.79 Å². The molecule has 0 aliphatic carbocycles. The van der Waals surface area contributed by atoms with Crippen LogP contribution >= 0.6 is 0 Å². The molecule has 0 spiro atoms. The maximum atomic E-state index is 10.8. The largest absolute Gasteiger partial charge is 0.481 e. The summed E-state index contributed by atoms with van der Waals surface area (Å²) < 4.78 is 5.44. The third-order valence-electron chi connectivity index (χ3n) is 2.32. The number of hydrogen-bond acceptors (Lipinski definition) is 5. The number of carboxylic acid groups (broad SMARTS) is 1. The smallest absolute Gasteiger partial charge is 0.308 e. The average molecular weight is 253 g/mol. The van der Waals surface area contributed by atoms with Crippen LogP contribution in [0.2, 0.25) is 0 Å². The number of aromatic nitrogens is 2. The number of hydrogen-bond donors (Lipinski definition) is 1. The van der Waals surface area contributed by atoms with Gasteiger partial charge in [0.1, 0.15) is 0 Å². The number of carboxylic acids is 1. The van der Waals surface area contributed by atoms with Crippen molar-refractivity contribution in [1.82, 2.24) is 9.97 Å². The molecule has 1 heterocycles. The van der Waals surface area contributed by atoms with Gasteiger partial charge in [-0.25, -0.2) is 0 Å². The Kier molecular flexibility index (Phi) is 4.88. The number of rotatable bonds is 6. The van der Waals surface area contributed by atoms with Crippen molar-refractivity contribution in [3.63, 3.8) is 0 Å². The predicted octanol–water partition coefficient (Wildman–Crippen LogP) is 1.42. The monoisotopic (exact) mass is 253 g/mol. The van der Waals surface area contributed by atoms with E-state index in [1.165, 1.54) is 6.20 Å². The van der Waals surface area contributed by atoms with Crippen LogP contribution in [0, 0.1) is 5.92 Å². The van der Waals surface area contributed by atoms with Crippen molar-refractivity contribution in [3.05, 3.63) is 12.4 Å². The molecule has 0 amide bonds. The fourth-order valence-electron chi connectivity index (χ4n) is 1.40. The zero-order chi connectivity index (χ0) is 13.7. The first-order chi connectivity index (χ1) is 8.40. The van der Waals surface area contributed by atoms with E-state index in [2.05, 4.69) is 9.97 Å². The normalized spacial score (nSPS) is 12.3. The summed E-state index contributed by atoms with van der Waals surface area (Å²) in [4.78, 5) is 20.8. The highest BCUT2D eigenvalue weighted by Gasteiger charge is 2.15. The topological polar surface area (TPSA) is 75.5 Å². The molecule has 0 bridgehead atoms. The number of ether oxygens (including phenoxy) is 1. The minimum atomic E-state index is -0.829. The van der Waals surface area contributed by atoms with Gasteiger partial charge in [-0.2, -0.15) is 4.98 Å². The van der Waals surface area contributed by atoms with E-state index < -0.39 is 11.9 Å². The van der Waals surface area contributed by atoms with E-state index in [0.29, 0.717) is 18.2 Å². The Morgan fingerprint density at radius 2 is 2.11 bits per heavy atom. The van der Waals surface area contributed by atoms with Crippen LogP contribution in [0.3, 0.4) is 0 Å². The second kappa shape index (κ2) is 6.18. The molecule has 6 heteroatoms. The van der Waals surface area contributed by atoms with Gasteiger partial charge in [-0.15, -0.1) is 0 Å². The van der Waals surface area contributed by atoms with Gasteiger partial charge in [0.05, 0.1) is 24.4 Å². The van der Waals surface area contributed by atoms with Crippen LogP contribution < -0.4 is 9.64 Å². The summed E-state index contributed by atoms with van der Waals surface area (Å²) in [5, 5.41) is 8.86. The molecule has 0 aromatic carbocycles. The molecule has 0 aliphatic heterocycles. The van der Waals surface area contributed by atoms with Crippen molar-refractivity contribution in [2.75, 3.05) is 18.5 Å². The van der Waals surface area contributed by atoms with E-state index in [9.17, 15) is 4.79 Å². The number of anilines is 1. The lowest BCUT2D eigenvalue weighted by molar-refractivity contribution is -0.140. The van der Waals surface area contributed by atoms with Crippen molar-refractivity contribution >= 4 is 11.8 Å². The molecule has 6 nitrogen and oxygen atoms in total. The highest BCUT2D eigenvalue weighted by molar-refractivity contribution is 5.70. The van der Waals surface area contributed by atoms with E-state index in [1.807, 2.05) is 13.8 Å². The second-order valence-electron chi connectivity index (χ2n) is 4.50. The van der Waals surface area contributed by atoms with Crippen molar-refractivity contribution in [1.29, 1.82) is 0 Å². The van der Waals surface area contributed by atoms with E-state index in [0.717, 1.165) is 0 Å². The quantitative estimate of drug-likeness (QED) is 0.826. The molecule has 1 atom stereocenters. The highest BCUT2D eigenvalue weighted by atomic mass is 16.5. The van der Waals surface area contributed by atoms with Crippen molar-refractivity contribution in [2.45, 2.75) is 26.9 Å². The molecule has 0 saturated heterocycles. The Labute approximate surface area is 107 Å². The van der Waals surface area contributed by atoms with Gasteiger partial charge in [0.25, 0.3) is 0 Å². The Balaban J connectivity index is 2.73. The summed E-state index contributed by atoms with van der Waals surface area (Å²) in [6, 6.07) is 0. The van der Waals surface area contributed by atoms with Crippen molar-refractivity contribution in [3.8, 4) is 5.88 Å². The van der Waals surface area contributed by atoms with E-state index in [4.69, 9.17) is 9.84 Å². The summed E-state index contributed by atoms with van der Waals surface area (Å²) in [5.41, 5.74) is 0. The van der Waals surface area contributed by atoms with Gasteiger partial charge in [-0.1, -0.05) is 6.92 Å². The molecule has 1 rings (SSSR count). The lowest BCUT2D eigenvalue weighted by Gasteiger charge is -2.20. The molecular formula is C12H19N3O3. The van der Waals surface area contributed by atoms with E-state index in [-0.39, 0.29) is 6.10 Å². The van der Waals surface area contributed by atoms with Gasteiger partial charge in [-0.05, 0) is 13.8 Å². The highest BCUT2D eigenvalue weighted by Crippen LogP contribution is 2.15. The van der Waals surface area contributed by atoms with Gasteiger partial charge in [0, 0.05) is 13.6 Å². The van der Waals surface area contributed by atoms with E-state index in [1.54, 1.807) is 25.1 Å². The minimum Gasteiger partial charge on any atom is -0.481 e. The second-order valence-corrected chi connectivity index (χ2v) is 4.50. The Morgan fingerprint density at radius 3 is 2.67 bits per heavy atom. The predicted molar refractivity (Wildman–Crippen MR) is 67.9 cm³/mol. The first-order valence-electron chi connectivity index (χ1n) is 5.82. The van der Waals surface area contributed by atoms with Crippen LogP contribution in [0.25, 0.3) is 0 Å². The number of carbonyl (C=O) groups is 1. The lowest BCUT2D eigenvalue weighted by atomic mass is 10.2. The summed E-state index contributed by atoms with van der Waals surface area (Å²) in [6.45, 7) is 5.84. The lowest BCUT2D eigenvalue weighted by Crippen LogP contribution is -2.29. The molecule has 1 aromatic rings. The minimum absolute atomic E-state index is 0.0257. The molecule has 1 N–H and O–H groups in total. The molecule has 1 unspecified atom stereocenters. The summed E-state index contributed by atoms with van der Waals surface area (Å²) in [5.74, 6) is -0.255. The maximum Gasteiger partial charge on any atom is 0.308 e. The third-order valence-corrected chi connectivity index (χ3v) is 2.32. The number of aliphatic carboxylic acids is 1. The maximum absolute atomic E-state index is 10.8. The molecule has 18 heavy (non-hydrogen) atoms. The number of nitrogens with zero attached hydrogens (tertiary/aromatic N) is 3. The molecule has 0 aliphatic rings. The van der Waals surface area contributed by atoms with Gasteiger partial charge >= 0.3 is 5.97 Å². The van der Waals surface area contributed by atoms with Crippen LogP contribution in [0.1, 0.15) is 20.8 Å². The van der Waals surface area contributed by atoms with Crippen molar-refractivity contribution < 1.29 is 14.6 Å². The van der Waals surface area contributed by atoms with Gasteiger partial charge in [0.2, 0.25) is 5.88 Å². The molecule has 0 fully saturated rings. The van der Waals surface area contributed by atoms with Crippen LogP contribution in [0.15, 0.2) is 12.4 Å². The third kappa shape index (κ3) is 4.20. The van der Waals surface area contributed by atoms with E-state index >= 15 is 0 Å². The van der Waals surface area contributed by atoms with Crippen LogP contribution in [0.4, 0.5) is 5.82 Å². The summed E-state index contributed by atoms with van der Waals surface area (Å²) in [7, 11) is 1.78. The molecule has 0 saturated carbocycles. The molecule has 0 radical (unpaired) electrons. The van der Waals surface area contributed by atoms with Gasteiger partial charge in [0.15, 0.2) is 5.82 Å². The zero-order valence-electron chi connectivity index (χ0n) is 11.1. The molecule has 100 valence electrons. The zero-order valence-corrected chi connectivity index (χ0v) is 11.1. The fourth-order valence-corrected chi connectivity index (χ4v) is 1.40. The molecular weight excluding hydrogens is 234 g/mol. The summed E-state index contributed by atoms with van der Waals surface area (Å²) >= 11 is 0. The van der Waals surface area contributed by atoms with Crippen molar-refractivity contribution in [2.24, 2.45) is 5.92 Å².